The van der Waals surface area contributed by atoms with Crippen LogP contribution in [0.4, 0.5) is 0 Å². The third-order valence-corrected chi connectivity index (χ3v) is 6.37. The molecule has 0 bridgehead atoms. The lowest BCUT2D eigenvalue weighted by atomic mass is 9.89. The molecule has 0 fully saturated rings. The van der Waals surface area contributed by atoms with Gasteiger partial charge in [-0.2, -0.15) is 0 Å². The summed E-state index contributed by atoms with van der Waals surface area (Å²) in [6, 6.07) is 7.28. The number of fused-ring (bicyclic) bond motifs is 3. The highest BCUT2D eigenvalue weighted by Crippen LogP contribution is 2.36. The van der Waals surface area contributed by atoms with Crippen molar-refractivity contribution in [2.75, 3.05) is 0 Å². The normalized spacial score (nSPS) is 17.5. The van der Waals surface area contributed by atoms with Gasteiger partial charge in [0, 0.05) is 4.88 Å². The first-order chi connectivity index (χ1) is 12.9. The minimum atomic E-state index is -0.632. The van der Waals surface area contributed by atoms with Crippen LogP contribution in [0.3, 0.4) is 0 Å². The van der Waals surface area contributed by atoms with Gasteiger partial charge in [-0.15, -0.1) is 11.3 Å². The van der Waals surface area contributed by atoms with Crippen LogP contribution < -0.4 is 5.56 Å². The maximum absolute atomic E-state index is 12.7. The van der Waals surface area contributed by atoms with E-state index in [0.29, 0.717) is 22.7 Å². The van der Waals surface area contributed by atoms with Crippen molar-refractivity contribution in [1.82, 2.24) is 9.97 Å². The van der Waals surface area contributed by atoms with Crippen LogP contribution in [-0.4, -0.2) is 15.9 Å². The van der Waals surface area contributed by atoms with E-state index in [1.54, 1.807) is 30.4 Å². The average Bonchev–Trinajstić information content (AvgIpc) is 2.99. The van der Waals surface area contributed by atoms with Gasteiger partial charge in [-0.25, -0.2) is 9.78 Å². The Morgan fingerprint density at radius 2 is 2.15 bits per heavy atom. The molecule has 0 saturated heterocycles. The smallest absolute Gasteiger partial charge is 0.339 e. The van der Waals surface area contributed by atoms with Crippen LogP contribution in [0.15, 0.2) is 29.1 Å². The molecule has 0 unspecified atom stereocenters. The molecule has 2 heterocycles. The zero-order valence-corrected chi connectivity index (χ0v) is 16.5. The zero-order chi connectivity index (χ0) is 19.1. The molecule has 1 aliphatic rings. The second kappa shape index (κ2) is 6.93. The molecule has 0 radical (unpaired) electrons. The van der Waals surface area contributed by atoms with Crippen molar-refractivity contribution in [2.24, 2.45) is 5.92 Å². The van der Waals surface area contributed by atoms with Crippen molar-refractivity contribution < 1.29 is 9.53 Å². The van der Waals surface area contributed by atoms with E-state index in [-0.39, 0.29) is 5.56 Å². The number of esters is 1. The Balaban J connectivity index is 1.65. The highest BCUT2D eigenvalue weighted by atomic mass is 32.1. The highest BCUT2D eigenvalue weighted by Gasteiger charge is 2.24. The standard InChI is InChI=1S/C21H22N2O3S/c1-11-8-9-15-16(10-11)27-20-17(15)19(24)22-18(23-20)13(3)26-21(25)14-7-5-4-6-12(14)2/h4-7,11,13H,8-10H2,1-3H3,(H,22,23,24)/t11-,13-/m1/s1. The summed E-state index contributed by atoms with van der Waals surface area (Å²) in [6.45, 7) is 5.84. The Hall–Kier alpha value is -2.47. The Morgan fingerprint density at radius 1 is 1.37 bits per heavy atom. The summed E-state index contributed by atoms with van der Waals surface area (Å²) >= 11 is 1.60. The van der Waals surface area contributed by atoms with Crippen molar-refractivity contribution in [1.29, 1.82) is 0 Å². The number of hydrogen-bond acceptors (Lipinski definition) is 5. The molecule has 0 amide bonds. The number of nitrogens with zero attached hydrogens (tertiary/aromatic N) is 1. The van der Waals surface area contributed by atoms with Crippen LogP contribution in [0.2, 0.25) is 0 Å². The number of thiophene rings is 1. The Kier molecular flexibility index (Phi) is 4.60. The predicted molar refractivity (Wildman–Crippen MR) is 106 cm³/mol. The highest BCUT2D eigenvalue weighted by molar-refractivity contribution is 7.18. The van der Waals surface area contributed by atoms with E-state index >= 15 is 0 Å². The molecular weight excluding hydrogens is 360 g/mol. The van der Waals surface area contributed by atoms with Gasteiger partial charge in [-0.3, -0.25) is 4.79 Å². The van der Waals surface area contributed by atoms with Gasteiger partial charge in [0.1, 0.15) is 4.83 Å². The number of rotatable bonds is 3. The number of aryl methyl sites for hydroxylation is 2. The van der Waals surface area contributed by atoms with Gasteiger partial charge in [0.15, 0.2) is 11.9 Å². The molecule has 2 aromatic heterocycles. The molecule has 0 aliphatic heterocycles. The lowest BCUT2D eigenvalue weighted by molar-refractivity contribution is 0.0319. The van der Waals surface area contributed by atoms with Crippen molar-refractivity contribution in [3.63, 3.8) is 0 Å². The van der Waals surface area contributed by atoms with Crippen molar-refractivity contribution in [3.8, 4) is 0 Å². The fourth-order valence-corrected chi connectivity index (χ4v) is 5.03. The lowest BCUT2D eigenvalue weighted by Gasteiger charge is -2.17. The maximum atomic E-state index is 12.7. The van der Waals surface area contributed by atoms with Gasteiger partial charge in [0.25, 0.3) is 5.56 Å². The fourth-order valence-electron chi connectivity index (χ4n) is 3.64. The van der Waals surface area contributed by atoms with E-state index in [9.17, 15) is 9.59 Å². The third kappa shape index (κ3) is 3.30. The van der Waals surface area contributed by atoms with E-state index in [1.807, 2.05) is 19.1 Å². The first kappa shape index (κ1) is 17.9. The first-order valence-corrected chi connectivity index (χ1v) is 10.1. The number of hydrogen-bond donors (Lipinski definition) is 1. The molecule has 3 aromatic rings. The predicted octanol–water partition coefficient (Wildman–Crippen LogP) is 4.34. The van der Waals surface area contributed by atoms with Gasteiger partial charge >= 0.3 is 5.97 Å². The number of aromatic nitrogens is 2. The topological polar surface area (TPSA) is 72.0 Å². The summed E-state index contributed by atoms with van der Waals surface area (Å²) in [6.07, 6.45) is 2.40. The number of nitrogens with one attached hydrogen (secondary N) is 1. The molecule has 4 rings (SSSR count). The number of carbonyl (C=O) groups is 1. The number of ether oxygens (including phenoxy) is 1. The zero-order valence-electron chi connectivity index (χ0n) is 15.7. The van der Waals surface area contributed by atoms with Gasteiger partial charge in [-0.1, -0.05) is 25.1 Å². The van der Waals surface area contributed by atoms with Crippen molar-refractivity contribution in [3.05, 3.63) is 62.0 Å². The van der Waals surface area contributed by atoms with E-state index in [4.69, 9.17) is 4.74 Å². The van der Waals surface area contributed by atoms with Crippen LogP contribution in [0.1, 0.15) is 58.6 Å². The van der Waals surface area contributed by atoms with Crippen LogP contribution >= 0.6 is 11.3 Å². The second-order valence-electron chi connectivity index (χ2n) is 7.35. The monoisotopic (exact) mass is 382 g/mol. The Morgan fingerprint density at radius 3 is 2.93 bits per heavy atom. The van der Waals surface area contributed by atoms with E-state index in [0.717, 1.165) is 35.2 Å². The summed E-state index contributed by atoms with van der Waals surface area (Å²) in [4.78, 5) is 34.6. The molecule has 27 heavy (non-hydrogen) atoms. The Bertz CT molecular complexity index is 1080. The molecule has 6 heteroatoms. The van der Waals surface area contributed by atoms with Gasteiger partial charge < -0.3 is 9.72 Å². The molecule has 0 saturated carbocycles. The summed E-state index contributed by atoms with van der Waals surface area (Å²) in [5.74, 6) is 0.613. The molecule has 1 aromatic carbocycles. The summed E-state index contributed by atoms with van der Waals surface area (Å²) in [5.41, 5.74) is 2.39. The Labute approximate surface area is 161 Å². The molecule has 1 aliphatic carbocycles. The quantitative estimate of drug-likeness (QED) is 0.684. The van der Waals surface area contributed by atoms with E-state index in [2.05, 4.69) is 16.9 Å². The first-order valence-electron chi connectivity index (χ1n) is 9.25. The lowest BCUT2D eigenvalue weighted by Crippen LogP contribution is -2.18. The van der Waals surface area contributed by atoms with Gasteiger partial charge in [-0.05, 0) is 56.2 Å². The number of aromatic amines is 1. The van der Waals surface area contributed by atoms with Crippen LogP contribution in [0.5, 0.6) is 0 Å². The van der Waals surface area contributed by atoms with Gasteiger partial charge in [0.2, 0.25) is 0 Å². The molecule has 140 valence electrons. The molecular formula is C21H22N2O3S. The second-order valence-corrected chi connectivity index (χ2v) is 8.43. The SMILES string of the molecule is Cc1ccccc1C(=O)O[C@H](C)c1nc2sc3c(c2c(=O)[nH]1)CC[C@@H](C)C3. The number of benzene rings is 1. The summed E-state index contributed by atoms with van der Waals surface area (Å²) in [5, 5.41) is 0.711. The van der Waals surface area contributed by atoms with Crippen LogP contribution in [0, 0.1) is 12.8 Å². The third-order valence-electron chi connectivity index (χ3n) is 5.22. The van der Waals surface area contributed by atoms with Gasteiger partial charge in [0.05, 0.1) is 10.9 Å². The fraction of sp³-hybridized carbons (Fsp3) is 0.381. The molecule has 2 atom stereocenters. The van der Waals surface area contributed by atoms with Crippen LogP contribution in [0.25, 0.3) is 10.2 Å². The van der Waals surface area contributed by atoms with E-state index < -0.39 is 12.1 Å². The summed E-state index contributed by atoms with van der Waals surface area (Å²) in [7, 11) is 0. The number of carbonyl (C=O) groups excluding carboxylic acids is 1. The largest absolute Gasteiger partial charge is 0.451 e. The molecule has 1 N–H and O–H groups in total. The van der Waals surface area contributed by atoms with Crippen LogP contribution in [-0.2, 0) is 17.6 Å². The average molecular weight is 382 g/mol. The molecule has 5 nitrogen and oxygen atoms in total. The summed E-state index contributed by atoms with van der Waals surface area (Å²) < 4.78 is 5.56. The van der Waals surface area contributed by atoms with Crippen molar-refractivity contribution in [2.45, 2.75) is 46.1 Å². The molecule has 0 spiro atoms. The van der Waals surface area contributed by atoms with Crippen molar-refractivity contribution >= 4 is 27.5 Å². The number of H-pyrrole nitrogens is 1. The van der Waals surface area contributed by atoms with E-state index in [1.165, 1.54) is 4.88 Å². The maximum Gasteiger partial charge on any atom is 0.339 e. The minimum Gasteiger partial charge on any atom is -0.451 e. The minimum absolute atomic E-state index is 0.138.